The molecule has 1 aromatic carbocycles. The molecule has 1 aliphatic rings. The molecule has 1 saturated carbocycles. The van der Waals surface area contributed by atoms with E-state index in [2.05, 4.69) is 25.2 Å². The Labute approximate surface area is 109 Å². The van der Waals surface area contributed by atoms with E-state index in [1.165, 1.54) is 18.4 Å². The Kier molecular flexibility index (Phi) is 4.02. The van der Waals surface area contributed by atoms with Crippen molar-refractivity contribution in [2.75, 3.05) is 0 Å². The van der Waals surface area contributed by atoms with Gasteiger partial charge < -0.3 is 5.73 Å². The van der Waals surface area contributed by atoms with Crippen LogP contribution < -0.4 is 11.1 Å². The van der Waals surface area contributed by atoms with Gasteiger partial charge in [-0.25, -0.2) is 0 Å². The van der Waals surface area contributed by atoms with E-state index < -0.39 is 0 Å². The molecule has 1 fully saturated rings. The number of carbonyl (C=O) groups is 1. The van der Waals surface area contributed by atoms with Crippen LogP contribution in [0.5, 0.6) is 0 Å². The average molecular weight is 246 g/mol. The number of hydrogen-bond acceptors (Lipinski definition) is 2. The van der Waals surface area contributed by atoms with Crippen LogP contribution in [-0.2, 0) is 4.79 Å². The molecule has 3 heteroatoms. The molecule has 0 spiro atoms. The summed E-state index contributed by atoms with van der Waals surface area (Å²) in [5.74, 6) is -0.282. The second kappa shape index (κ2) is 5.53. The van der Waals surface area contributed by atoms with Crippen molar-refractivity contribution < 1.29 is 4.79 Å². The fraction of sp³-hybridized carbons (Fsp3) is 0.533. The summed E-state index contributed by atoms with van der Waals surface area (Å²) < 4.78 is 0. The Morgan fingerprint density at radius 1 is 1.33 bits per heavy atom. The van der Waals surface area contributed by atoms with Crippen molar-refractivity contribution >= 4 is 5.91 Å². The number of rotatable bonds is 4. The maximum atomic E-state index is 11.7. The Morgan fingerprint density at radius 2 is 2.00 bits per heavy atom. The summed E-state index contributed by atoms with van der Waals surface area (Å²) in [5.41, 5.74) is 8.95. The number of nitrogens with two attached hydrogens (primary N) is 1. The van der Waals surface area contributed by atoms with Crippen molar-refractivity contribution in [3.8, 4) is 0 Å². The van der Waals surface area contributed by atoms with Crippen molar-refractivity contribution in [2.45, 2.75) is 51.6 Å². The van der Waals surface area contributed by atoms with Crippen molar-refractivity contribution in [2.24, 2.45) is 5.73 Å². The summed E-state index contributed by atoms with van der Waals surface area (Å²) in [5, 5.41) is 3.43. The third-order valence-electron chi connectivity index (χ3n) is 4.00. The zero-order valence-corrected chi connectivity index (χ0v) is 11.2. The van der Waals surface area contributed by atoms with Gasteiger partial charge in [-0.05, 0) is 43.4 Å². The van der Waals surface area contributed by atoms with Gasteiger partial charge in [-0.15, -0.1) is 0 Å². The van der Waals surface area contributed by atoms with Crippen LogP contribution >= 0.6 is 0 Å². The number of nitrogens with one attached hydrogen (secondary N) is 1. The minimum absolute atomic E-state index is 0.282. The quantitative estimate of drug-likeness (QED) is 0.857. The lowest BCUT2D eigenvalue weighted by Gasteiger charge is -2.22. The van der Waals surface area contributed by atoms with Gasteiger partial charge in [0.15, 0.2) is 0 Å². The normalized spacial score (nSPS) is 17.9. The SMILES string of the molecule is Cc1cccc(C(NC2CCCC2)C(N)=O)c1C. The summed E-state index contributed by atoms with van der Waals surface area (Å²) in [4.78, 5) is 11.7. The van der Waals surface area contributed by atoms with E-state index in [-0.39, 0.29) is 11.9 Å². The predicted molar refractivity (Wildman–Crippen MR) is 73.2 cm³/mol. The van der Waals surface area contributed by atoms with E-state index in [0.717, 1.165) is 24.0 Å². The summed E-state index contributed by atoms with van der Waals surface area (Å²) in [6, 6.07) is 6.13. The van der Waals surface area contributed by atoms with Crippen LogP contribution in [0, 0.1) is 13.8 Å². The molecular weight excluding hydrogens is 224 g/mol. The molecule has 0 aromatic heterocycles. The first-order valence-corrected chi connectivity index (χ1v) is 6.71. The summed E-state index contributed by atoms with van der Waals surface area (Å²) in [6.07, 6.45) is 4.79. The molecule has 1 aromatic rings. The topological polar surface area (TPSA) is 55.1 Å². The zero-order valence-electron chi connectivity index (χ0n) is 11.2. The molecule has 2 rings (SSSR count). The molecule has 0 radical (unpaired) electrons. The highest BCUT2D eigenvalue weighted by Crippen LogP contribution is 2.25. The van der Waals surface area contributed by atoms with E-state index in [1.807, 2.05) is 12.1 Å². The van der Waals surface area contributed by atoms with E-state index in [1.54, 1.807) is 0 Å². The third kappa shape index (κ3) is 2.72. The number of hydrogen-bond donors (Lipinski definition) is 2. The van der Waals surface area contributed by atoms with Crippen LogP contribution in [0.2, 0.25) is 0 Å². The van der Waals surface area contributed by atoms with Crippen molar-refractivity contribution in [3.05, 3.63) is 34.9 Å². The number of amides is 1. The monoisotopic (exact) mass is 246 g/mol. The van der Waals surface area contributed by atoms with Gasteiger partial charge in [-0.2, -0.15) is 0 Å². The van der Waals surface area contributed by atoms with Gasteiger partial charge in [-0.1, -0.05) is 31.0 Å². The van der Waals surface area contributed by atoms with Gasteiger partial charge in [0.05, 0.1) is 0 Å². The second-order valence-electron chi connectivity index (χ2n) is 5.27. The maximum absolute atomic E-state index is 11.7. The molecule has 1 atom stereocenters. The van der Waals surface area contributed by atoms with Gasteiger partial charge in [0.2, 0.25) is 5.91 Å². The zero-order chi connectivity index (χ0) is 13.1. The highest BCUT2D eigenvalue weighted by molar-refractivity contribution is 5.82. The lowest BCUT2D eigenvalue weighted by molar-refractivity contribution is -0.120. The summed E-state index contributed by atoms with van der Waals surface area (Å²) in [7, 11) is 0. The lowest BCUT2D eigenvalue weighted by atomic mass is 9.96. The molecule has 0 saturated heterocycles. The Balaban J connectivity index is 2.23. The first kappa shape index (κ1) is 13.1. The van der Waals surface area contributed by atoms with Crippen LogP contribution in [0.15, 0.2) is 18.2 Å². The first-order valence-electron chi connectivity index (χ1n) is 6.71. The van der Waals surface area contributed by atoms with Crippen LogP contribution in [0.25, 0.3) is 0 Å². The molecule has 18 heavy (non-hydrogen) atoms. The minimum Gasteiger partial charge on any atom is -0.368 e. The largest absolute Gasteiger partial charge is 0.368 e. The summed E-state index contributed by atoms with van der Waals surface area (Å²) in [6.45, 7) is 4.11. The Bertz CT molecular complexity index is 436. The maximum Gasteiger partial charge on any atom is 0.239 e. The second-order valence-corrected chi connectivity index (χ2v) is 5.27. The minimum atomic E-state index is -0.354. The van der Waals surface area contributed by atoms with E-state index in [9.17, 15) is 4.79 Å². The van der Waals surface area contributed by atoms with Gasteiger partial charge in [0, 0.05) is 6.04 Å². The standard InChI is InChI=1S/C15H22N2O/c1-10-6-5-9-13(11(10)2)14(15(16)18)17-12-7-3-4-8-12/h5-6,9,12,14,17H,3-4,7-8H2,1-2H3,(H2,16,18). The van der Waals surface area contributed by atoms with Crippen LogP contribution in [-0.4, -0.2) is 11.9 Å². The number of aryl methyl sites for hydroxylation is 1. The van der Waals surface area contributed by atoms with Crippen LogP contribution in [0.4, 0.5) is 0 Å². The van der Waals surface area contributed by atoms with Crippen LogP contribution in [0.1, 0.15) is 48.4 Å². The fourth-order valence-electron chi connectivity index (χ4n) is 2.74. The molecule has 3 nitrogen and oxygen atoms in total. The highest BCUT2D eigenvalue weighted by atomic mass is 16.1. The molecule has 0 aliphatic heterocycles. The van der Waals surface area contributed by atoms with Gasteiger partial charge in [-0.3, -0.25) is 10.1 Å². The van der Waals surface area contributed by atoms with Crippen LogP contribution in [0.3, 0.4) is 0 Å². The van der Waals surface area contributed by atoms with E-state index >= 15 is 0 Å². The van der Waals surface area contributed by atoms with Crippen molar-refractivity contribution in [1.29, 1.82) is 0 Å². The lowest BCUT2D eigenvalue weighted by Crippen LogP contribution is -2.39. The van der Waals surface area contributed by atoms with Crippen molar-refractivity contribution in [3.63, 3.8) is 0 Å². The predicted octanol–water partition coefficient (Wildman–Crippen LogP) is 2.36. The molecule has 1 amide bonds. The highest BCUT2D eigenvalue weighted by Gasteiger charge is 2.25. The fourth-order valence-corrected chi connectivity index (χ4v) is 2.74. The molecule has 98 valence electrons. The molecule has 1 unspecified atom stereocenters. The third-order valence-corrected chi connectivity index (χ3v) is 4.00. The summed E-state index contributed by atoms with van der Waals surface area (Å²) >= 11 is 0. The van der Waals surface area contributed by atoms with Gasteiger partial charge >= 0.3 is 0 Å². The first-order chi connectivity index (χ1) is 8.59. The Morgan fingerprint density at radius 3 is 2.61 bits per heavy atom. The van der Waals surface area contributed by atoms with E-state index in [0.29, 0.717) is 6.04 Å². The molecule has 1 aliphatic carbocycles. The average Bonchev–Trinajstić information content (AvgIpc) is 2.83. The van der Waals surface area contributed by atoms with Gasteiger partial charge in [0.25, 0.3) is 0 Å². The molecule has 0 bridgehead atoms. The number of benzene rings is 1. The van der Waals surface area contributed by atoms with E-state index in [4.69, 9.17) is 5.73 Å². The van der Waals surface area contributed by atoms with Crippen molar-refractivity contribution in [1.82, 2.24) is 5.32 Å². The molecular formula is C15H22N2O. The molecule has 0 heterocycles. The smallest absolute Gasteiger partial charge is 0.239 e. The number of primary amides is 1. The van der Waals surface area contributed by atoms with Gasteiger partial charge in [0.1, 0.15) is 6.04 Å². The number of carbonyl (C=O) groups excluding carboxylic acids is 1. The Hall–Kier alpha value is -1.35. The molecule has 3 N–H and O–H groups in total.